The summed E-state index contributed by atoms with van der Waals surface area (Å²) in [5.41, 5.74) is 1.53. The van der Waals surface area contributed by atoms with Crippen molar-refractivity contribution in [1.82, 2.24) is 14.7 Å². The molecule has 0 radical (unpaired) electrons. The van der Waals surface area contributed by atoms with Gasteiger partial charge in [0.15, 0.2) is 0 Å². The Balaban J connectivity index is 1.84. The number of carbonyl (C=O) groups excluding carboxylic acids is 2. The fourth-order valence-electron chi connectivity index (χ4n) is 2.60. The number of pyridine rings is 1. The molecule has 0 bridgehead atoms. The Bertz CT molecular complexity index is 770. The summed E-state index contributed by atoms with van der Waals surface area (Å²) in [5.74, 6) is -0.649. The summed E-state index contributed by atoms with van der Waals surface area (Å²) in [6.45, 7) is 4.79. The van der Waals surface area contributed by atoms with Gasteiger partial charge in [-0.2, -0.15) is 4.37 Å². The molecule has 3 rings (SSSR count). The SMILES string of the molecule is CC(C)C(=O)Nc1c(-c2ccccn2)nsc1C(=O)NC[C@H]1CCCO1. The van der Waals surface area contributed by atoms with Crippen molar-refractivity contribution in [2.45, 2.75) is 32.8 Å². The molecule has 1 saturated heterocycles. The highest BCUT2D eigenvalue weighted by Gasteiger charge is 2.25. The van der Waals surface area contributed by atoms with E-state index in [0.29, 0.717) is 28.5 Å². The molecule has 26 heavy (non-hydrogen) atoms. The molecule has 1 aliphatic rings. The van der Waals surface area contributed by atoms with Gasteiger partial charge in [-0.15, -0.1) is 0 Å². The van der Waals surface area contributed by atoms with E-state index in [1.807, 2.05) is 6.07 Å². The average molecular weight is 374 g/mol. The molecule has 3 heterocycles. The number of nitrogens with one attached hydrogen (secondary N) is 2. The van der Waals surface area contributed by atoms with Crippen molar-refractivity contribution in [3.05, 3.63) is 29.3 Å². The molecule has 1 fully saturated rings. The molecule has 1 atom stereocenters. The molecule has 2 aromatic rings. The maximum atomic E-state index is 12.7. The van der Waals surface area contributed by atoms with E-state index in [4.69, 9.17) is 4.74 Å². The zero-order chi connectivity index (χ0) is 18.5. The molecule has 0 unspecified atom stereocenters. The lowest BCUT2D eigenvalue weighted by Crippen LogP contribution is -2.32. The fraction of sp³-hybridized carbons (Fsp3) is 0.444. The standard InChI is InChI=1S/C18H22N4O3S/c1-11(2)17(23)21-15-14(13-7-3-4-8-19-13)22-26-16(15)18(24)20-10-12-6-5-9-25-12/h3-4,7-8,11-12H,5-6,9-10H2,1-2H3,(H,20,24)(H,21,23)/t12-/m1/s1. The minimum atomic E-state index is -0.265. The van der Waals surface area contributed by atoms with E-state index in [1.54, 1.807) is 32.2 Å². The summed E-state index contributed by atoms with van der Waals surface area (Å²) in [6, 6.07) is 5.44. The van der Waals surface area contributed by atoms with Gasteiger partial charge in [0.05, 0.1) is 17.5 Å². The van der Waals surface area contributed by atoms with Crippen LogP contribution in [0.4, 0.5) is 5.69 Å². The third kappa shape index (κ3) is 4.25. The maximum absolute atomic E-state index is 12.7. The Morgan fingerprint density at radius 1 is 1.38 bits per heavy atom. The molecule has 0 saturated carbocycles. The van der Waals surface area contributed by atoms with Gasteiger partial charge < -0.3 is 15.4 Å². The Kier molecular flexibility index (Phi) is 5.95. The van der Waals surface area contributed by atoms with Crippen LogP contribution < -0.4 is 10.6 Å². The largest absolute Gasteiger partial charge is 0.376 e. The van der Waals surface area contributed by atoms with Crippen LogP contribution >= 0.6 is 11.5 Å². The van der Waals surface area contributed by atoms with Crippen molar-refractivity contribution in [1.29, 1.82) is 0 Å². The van der Waals surface area contributed by atoms with E-state index in [-0.39, 0.29) is 23.8 Å². The zero-order valence-corrected chi connectivity index (χ0v) is 15.6. The summed E-state index contributed by atoms with van der Waals surface area (Å²) in [4.78, 5) is 29.5. The van der Waals surface area contributed by atoms with Gasteiger partial charge in [-0.1, -0.05) is 19.9 Å². The number of amides is 2. The Morgan fingerprint density at radius 3 is 2.88 bits per heavy atom. The van der Waals surface area contributed by atoms with Crippen LogP contribution in [-0.2, 0) is 9.53 Å². The normalized spacial score (nSPS) is 16.7. The van der Waals surface area contributed by atoms with Crippen molar-refractivity contribution in [3.8, 4) is 11.4 Å². The summed E-state index contributed by atoms with van der Waals surface area (Å²) in [7, 11) is 0. The number of rotatable bonds is 6. The van der Waals surface area contributed by atoms with E-state index < -0.39 is 0 Å². The molecule has 0 spiro atoms. The first kappa shape index (κ1) is 18.5. The van der Waals surface area contributed by atoms with Gasteiger partial charge in [-0.05, 0) is 36.5 Å². The second kappa shape index (κ2) is 8.37. The molecule has 138 valence electrons. The van der Waals surface area contributed by atoms with Crippen molar-refractivity contribution in [2.75, 3.05) is 18.5 Å². The third-order valence-electron chi connectivity index (χ3n) is 4.09. The van der Waals surface area contributed by atoms with Crippen molar-refractivity contribution >= 4 is 29.0 Å². The summed E-state index contributed by atoms with van der Waals surface area (Å²) < 4.78 is 9.91. The zero-order valence-electron chi connectivity index (χ0n) is 14.8. The monoisotopic (exact) mass is 374 g/mol. The quantitative estimate of drug-likeness (QED) is 0.811. The first-order valence-electron chi connectivity index (χ1n) is 8.68. The molecule has 2 N–H and O–H groups in total. The lowest BCUT2D eigenvalue weighted by molar-refractivity contribution is -0.118. The van der Waals surface area contributed by atoms with Gasteiger partial charge in [0.25, 0.3) is 5.91 Å². The van der Waals surface area contributed by atoms with Crippen LogP contribution in [-0.4, -0.2) is 40.4 Å². The minimum Gasteiger partial charge on any atom is -0.376 e. The second-order valence-corrected chi connectivity index (χ2v) is 7.21. The number of aromatic nitrogens is 2. The van der Waals surface area contributed by atoms with E-state index in [9.17, 15) is 9.59 Å². The number of hydrogen-bond donors (Lipinski definition) is 2. The number of hydrogen-bond acceptors (Lipinski definition) is 6. The average Bonchev–Trinajstić information content (AvgIpc) is 3.30. The van der Waals surface area contributed by atoms with Crippen LogP contribution in [0.3, 0.4) is 0 Å². The van der Waals surface area contributed by atoms with Crippen LogP contribution in [0.1, 0.15) is 36.4 Å². The van der Waals surface area contributed by atoms with Gasteiger partial charge in [0.2, 0.25) is 5.91 Å². The molecule has 2 aromatic heterocycles. The number of carbonyl (C=O) groups is 2. The van der Waals surface area contributed by atoms with Gasteiger partial charge >= 0.3 is 0 Å². The second-order valence-electron chi connectivity index (χ2n) is 6.44. The first-order chi connectivity index (χ1) is 12.6. The van der Waals surface area contributed by atoms with E-state index >= 15 is 0 Å². The van der Waals surface area contributed by atoms with Crippen molar-refractivity contribution < 1.29 is 14.3 Å². The topological polar surface area (TPSA) is 93.2 Å². The molecule has 8 heteroatoms. The summed E-state index contributed by atoms with van der Waals surface area (Å²) >= 11 is 1.06. The summed E-state index contributed by atoms with van der Waals surface area (Å²) in [6.07, 6.45) is 3.66. The fourth-order valence-corrected chi connectivity index (χ4v) is 3.36. The molecule has 1 aliphatic heterocycles. The molecular formula is C18H22N4O3S. The predicted octanol–water partition coefficient (Wildman–Crippen LogP) is 2.71. The first-order valence-corrected chi connectivity index (χ1v) is 9.45. The number of nitrogens with zero attached hydrogens (tertiary/aromatic N) is 2. The minimum absolute atomic E-state index is 0.0517. The molecule has 2 amide bonds. The Morgan fingerprint density at radius 2 is 2.23 bits per heavy atom. The lowest BCUT2D eigenvalue weighted by atomic mass is 10.1. The summed E-state index contributed by atoms with van der Waals surface area (Å²) in [5, 5.41) is 5.73. The van der Waals surface area contributed by atoms with E-state index in [0.717, 1.165) is 31.0 Å². The highest BCUT2D eigenvalue weighted by Crippen LogP contribution is 2.32. The van der Waals surface area contributed by atoms with Gasteiger partial charge in [0, 0.05) is 25.3 Å². The molecular weight excluding hydrogens is 352 g/mol. The predicted molar refractivity (Wildman–Crippen MR) is 100 cm³/mol. The van der Waals surface area contributed by atoms with Gasteiger partial charge in [-0.3, -0.25) is 14.6 Å². The number of anilines is 1. The smallest absolute Gasteiger partial charge is 0.265 e. The van der Waals surface area contributed by atoms with Crippen LogP contribution in [0.15, 0.2) is 24.4 Å². The van der Waals surface area contributed by atoms with Gasteiger partial charge in [-0.25, -0.2) is 0 Å². The van der Waals surface area contributed by atoms with Crippen molar-refractivity contribution in [3.63, 3.8) is 0 Å². The Labute approximate surface area is 156 Å². The third-order valence-corrected chi connectivity index (χ3v) is 4.94. The van der Waals surface area contributed by atoms with Crippen LogP contribution in [0.5, 0.6) is 0 Å². The van der Waals surface area contributed by atoms with E-state index in [1.165, 1.54) is 0 Å². The Hall–Kier alpha value is -2.32. The van der Waals surface area contributed by atoms with Crippen LogP contribution in [0.2, 0.25) is 0 Å². The molecule has 7 nitrogen and oxygen atoms in total. The number of ether oxygens (including phenoxy) is 1. The van der Waals surface area contributed by atoms with Crippen LogP contribution in [0.25, 0.3) is 11.4 Å². The highest BCUT2D eigenvalue weighted by molar-refractivity contribution is 7.09. The highest BCUT2D eigenvalue weighted by atomic mass is 32.1. The van der Waals surface area contributed by atoms with E-state index in [2.05, 4.69) is 20.0 Å². The molecule has 0 aromatic carbocycles. The lowest BCUT2D eigenvalue weighted by Gasteiger charge is -2.12. The molecule has 0 aliphatic carbocycles. The van der Waals surface area contributed by atoms with Crippen LogP contribution in [0, 0.1) is 5.92 Å². The maximum Gasteiger partial charge on any atom is 0.265 e. The van der Waals surface area contributed by atoms with Gasteiger partial charge in [0.1, 0.15) is 10.6 Å². The van der Waals surface area contributed by atoms with Crippen molar-refractivity contribution in [2.24, 2.45) is 5.92 Å².